The molecule has 2 aromatic carbocycles. The lowest BCUT2D eigenvalue weighted by Crippen LogP contribution is -2.45. The summed E-state index contributed by atoms with van der Waals surface area (Å²) in [6.45, 7) is 7.01. The molecule has 1 saturated heterocycles. The van der Waals surface area contributed by atoms with E-state index in [0.717, 1.165) is 83.9 Å². The van der Waals surface area contributed by atoms with Gasteiger partial charge < -0.3 is 21.3 Å². The molecule has 1 fully saturated rings. The summed E-state index contributed by atoms with van der Waals surface area (Å²) >= 11 is 1.54. The molecule has 0 unspecified atom stereocenters. The van der Waals surface area contributed by atoms with Crippen LogP contribution in [0.25, 0.3) is 11.1 Å². The summed E-state index contributed by atoms with van der Waals surface area (Å²) in [5.74, 6) is -0.0943. The molecule has 5 nitrogen and oxygen atoms in total. The molecule has 0 atom stereocenters. The highest BCUT2D eigenvalue weighted by Crippen LogP contribution is 2.51. The van der Waals surface area contributed by atoms with Crippen LogP contribution in [0, 0.1) is 0 Å². The van der Waals surface area contributed by atoms with Crippen molar-refractivity contribution in [3.05, 3.63) is 94.7 Å². The zero-order valence-electron chi connectivity index (χ0n) is 25.3. The molecule has 1 aliphatic carbocycles. The molecule has 0 bridgehead atoms. The maximum Gasteiger partial charge on any atom is 0.235 e. The molecule has 0 radical (unpaired) electrons. The van der Waals surface area contributed by atoms with Crippen molar-refractivity contribution in [1.29, 1.82) is 0 Å². The number of allylic oxidation sites excluding steroid dienone is 2. The average Bonchev–Trinajstić information content (AvgIpc) is 3.32. The lowest BCUT2D eigenvalue weighted by molar-refractivity contribution is -0.125. The number of amides is 1. The summed E-state index contributed by atoms with van der Waals surface area (Å²) in [4.78, 5) is 16.2. The highest BCUT2D eigenvalue weighted by atomic mass is 32.2. The second-order valence-electron chi connectivity index (χ2n) is 10.7. The number of alkyl halides is 3. The van der Waals surface area contributed by atoms with Gasteiger partial charge in [-0.15, -0.1) is 11.8 Å². The molecule has 2 aliphatic rings. The van der Waals surface area contributed by atoms with Crippen LogP contribution in [0.2, 0.25) is 0 Å². The van der Waals surface area contributed by atoms with Gasteiger partial charge in [-0.25, -0.2) is 13.2 Å². The number of halogens is 3. The number of carbonyl (C=O) groups excluding carboxylic acids is 1. The third-order valence-corrected chi connectivity index (χ3v) is 8.88. The molecule has 234 valence electrons. The number of nitrogens with two attached hydrogens (primary N) is 1. The monoisotopic (exact) mass is 614 g/mol. The van der Waals surface area contributed by atoms with Crippen LogP contribution in [0.4, 0.5) is 13.2 Å². The van der Waals surface area contributed by atoms with Gasteiger partial charge >= 0.3 is 0 Å². The normalized spacial score (nSPS) is 16.5. The molecule has 1 aliphatic heterocycles. The van der Waals surface area contributed by atoms with Gasteiger partial charge in [-0.2, -0.15) is 0 Å². The van der Waals surface area contributed by atoms with Crippen molar-refractivity contribution in [2.75, 3.05) is 46.0 Å². The van der Waals surface area contributed by atoms with Crippen molar-refractivity contribution in [1.82, 2.24) is 15.5 Å². The zero-order chi connectivity index (χ0) is 31.2. The first-order chi connectivity index (χ1) is 20.9. The van der Waals surface area contributed by atoms with Crippen LogP contribution in [-0.2, 0) is 10.2 Å². The number of carbonyl (C=O) groups is 1. The highest BCUT2D eigenvalue weighted by Gasteiger charge is 2.48. The van der Waals surface area contributed by atoms with E-state index in [-0.39, 0.29) is 12.5 Å². The zero-order valence-corrected chi connectivity index (χ0v) is 26.1. The highest BCUT2D eigenvalue weighted by molar-refractivity contribution is 8.02. The molecule has 2 aromatic rings. The maximum atomic E-state index is 13.7. The quantitative estimate of drug-likeness (QED) is 0.172. The Bertz CT molecular complexity index is 1230. The molecule has 4 rings (SSSR count). The third-order valence-electron chi connectivity index (χ3n) is 8.22. The summed E-state index contributed by atoms with van der Waals surface area (Å²) in [5.41, 5.74) is 11.6. The van der Waals surface area contributed by atoms with E-state index in [1.54, 1.807) is 0 Å². The molecule has 1 amide bonds. The van der Waals surface area contributed by atoms with Gasteiger partial charge in [0.05, 0.1) is 5.03 Å². The molecular weight excluding hydrogens is 569 g/mol. The predicted molar refractivity (Wildman–Crippen MR) is 174 cm³/mol. The summed E-state index contributed by atoms with van der Waals surface area (Å²) in [7, 11) is 0. The first-order valence-electron chi connectivity index (χ1n) is 14.9. The molecule has 0 saturated carbocycles. The van der Waals surface area contributed by atoms with E-state index < -0.39 is 19.0 Å². The summed E-state index contributed by atoms with van der Waals surface area (Å²) < 4.78 is 32.3. The number of benzene rings is 2. The first kappa shape index (κ1) is 34.3. The van der Waals surface area contributed by atoms with E-state index in [4.69, 9.17) is 5.73 Å². The second kappa shape index (κ2) is 17.2. The van der Waals surface area contributed by atoms with Crippen molar-refractivity contribution in [2.45, 2.75) is 50.5 Å². The lowest BCUT2D eigenvalue weighted by atomic mass is 9.73. The van der Waals surface area contributed by atoms with Crippen LogP contribution in [0.15, 0.2) is 83.6 Å². The van der Waals surface area contributed by atoms with Gasteiger partial charge in [-0.05, 0) is 67.7 Å². The van der Waals surface area contributed by atoms with E-state index in [1.807, 2.05) is 49.6 Å². The standard InChI is InChI=1S/C33H43FN4OS.CH2F2/c1-4-11-26(31(35)40-3)24(2)37-25-16-22-38(23-17-25)21-10-9-18-33(32(39)36-20-19-34)29-14-7-5-12-27(29)28-13-6-8-15-30(28)33;2-1-3/h4-8,11-15,25,37H,2,9-10,16-23,35H2,1,3H3,(H,36,39);1H2/b11-4-,31-26-;. The molecule has 9 heteroatoms. The minimum atomic E-state index is -1.75. The number of piperidine rings is 1. The van der Waals surface area contributed by atoms with Gasteiger partial charge in [0.15, 0.2) is 0 Å². The van der Waals surface area contributed by atoms with Crippen molar-refractivity contribution in [3.8, 4) is 11.1 Å². The Balaban J connectivity index is 0.00000162. The van der Waals surface area contributed by atoms with Crippen LogP contribution < -0.4 is 16.4 Å². The SMILES string of the molecule is C=C(NC1CCN(CCCCC2(C(=O)NCCF)c3ccccc3-c3ccccc32)CC1)C(/C=C\C)=C(/N)SC.FCF. The van der Waals surface area contributed by atoms with Gasteiger partial charge in [-0.3, -0.25) is 4.79 Å². The summed E-state index contributed by atoms with van der Waals surface area (Å²) in [5, 5.41) is 7.26. The van der Waals surface area contributed by atoms with Gasteiger partial charge in [0.2, 0.25) is 12.8 Å². The van der Waals surface area contributed by atoms with Crippen molar-refractivity contribution in [2.24, 2.45) is 5.73 Å². The van der Waals surface area contributed by atoms with E-state index in [1.165, 1.54) is 11.8 Å². The summed E-state index contributed by atoms with van der Waals surface area (Å²) in [6.07, 6.45) is 10.7. The fraction of sp³-hybridized carbons (Fsp3) is 0.441. The molecule has 4 N–H and O–H groups in total. The number of rotatable bonds is 13. The number of nitrogens with zero attached hydrogens (tertiary/aromatic N) is 1. The Labute approximate surface area is 258 Å². The van der Waals surface area contributed by atoms with Crippen molar-refractivity contribution in [3.63, 3.8) is 0 Å². The topological polar surface area (TPSA) is 70.4 Å². The predicted octanol–water partition coefficient (Wildman–Crippen LogP) is 6.77. The Kier molecular flexibility index (Phi) is 13.7. The van der Waals surface area contributed by atoms with E-state index in [0.29, 0.717) is 12.5 Å². The number of unbranched alkanes of at least 4 members (excludes halogenated alkanes) is 1. The minimum Gasteiger partial charge on any atom is -0.393 e. The summed E-state index contributed by atoms with van der Waals surface area (Å²) in [6, 6.07) is 16.8. The van der Waals surface area contributed by atoms with Gasteiger partial charge in [-0.1, -0.05) is 73.7 Å². The van der Waals surface area contributed by atoms with E-state index in [9.17, 15) is 18.0 Å². The minimum absolute atomic E-state index is 0.0379. The fourth-order valence-corrected chi connectivity index (χ4v) is 6.63. The van der Waals surface area contributed by atoms with Crippen molar-refractivity contribution >= 4 is 17.7 Å². The Hall–Kier alpha value is -3.17. The number of likely N-dealkylation sites (tertiary alicyclic amines) is 1. The molecular formula is C34H45F3N4OS. The van der Waals surface area contributed by atoms with Crippen LogP contribution in [0.5, 0.6) is 0 Å². The van der Waals surface area contributed by atoms with Crippen LogP contribution in [0.3, 0.4) is 0 Å². The second-order valence-corrected chi connectivity index (χ2v) is 11.6. The number of fused-ring (bicyclic) bond motifs is 3. The number of nitrogens with one attached hydrogen (secondary N) is 2. The Morgan fingerprint density at radius 3 is 2.19 bits per heavy atom. The molecule has 0 spiro atoms. The first-order valence-corrected chi connectivity index (χ1v) is 16.1. The number of hydrogen-bond donors (Lipinski definition) is 3. The van der Waals surface area contributed by atoms with E-state index >= 15 is 0 Å². The maximum absolute atomic E-state index is 13.7. The van der Waals surface area contributed by atoms with Crippen LogP contribution in [0.1, 0.15) is 50.2 Å². The van der Waals surface area contributed by atoms with Gasteiger partial charge in [0.1, 0.15) is 12.1 Å². The molecule has 1 heterocycles. The average molecular weight is 615 g/mol. The Morgan fingerprint density at radius 1 is 1.07 bits per heavy atom. The smallest absolute Gasteiger partial charge is 0.235 e. The van der Waals surface area contributed by atoms with Gasteiger partial charge in [0, 0.05) is 36.9 Å². The largest absolute Gasteiger partial charge is 0.393 e. The van der Waals surface area contributed by atoms with Crippen LogP contribution in [-0.4, -0.2) is 62.9 Å². The number of hydrogen-bond acceptors (Lipinski definition) is 5. The Morgan fingerprint density at radius 2 is 1.65 bits per heavy atom. The third kappa shape index (κ3) is 8.26. The van der Waals surface area contributed by atoms with Crippen LogP contribution >= 0.6 is 11.8 Å². The molecule has 0 aromatic heterocycles. The van der Waals surface area contributed by atoms with Gasteiger partial charge in [0.25, 0.3) is 0 Å². The number of thioether (sulfide) groups is 1. The lowest BCUT2D eigenvalue weighted by Gasteiger charge is -2.34. The fourth-order valence-electron chi connectivity index (χ4n) is 6.22. The van der Waals surface area contributed by atoms with Crippen molar-refractivity contribution < 1.29 is 18.0 Å². The molecule has 43 heavy (non-hydrogen) atoms. The van der Waals surface area contributed by atoms with E-state index in [2.05, 4.69) is 46.4 Å².